The molecule has 150 valence electrons. The lowest BCUT2D eigenvalue weighted by atomic mass is 9.99. The maximum atomic E-state index is 14.0. The molecule has 2 heterocycles. The number of aryl methyl sites for hydroxylation is 2. The van der Waals surface area contributed by atoms with Gasteiger partial charge in [-0.3, -0.25) is 9.69 Å². The molecule has 0 bridgehead atoms. The standard InChI is InChI=1S/C24H24F2N2O/c1-16-4-9-22(26)23-21(16)15-20(27-24(23)29)3-2-12-28-13-10-18(11-14-28)17-5-7-19(25)8-6-17/h4-10,15H,2-3,11-14H2,1H3,(H,27,29). The van der Waals surface area contributed by atoms with Gasteiger partial charge in [0, 0.05) is 18.8 Å². The first-order valence-electron chi connectivity index (χ1n) is 9.99. The molecule has 1 aliphatic heterocycles. The maximum absolute atomic E-state index is 14.0. The largest absolute Gasteiger partial charge is 0.326 e. The van der Waals surface area contributed by atoms with Gasteiger partial charge in [-0.1, -0.05) is 24.3 Å². The summed E-state index contributed by atoms with van der Waals surface area (Å²) >= 11 is 0. The summed E-state index contributed by atoms with van der Waals surface area (Å²) < 4.78 is 27.1. The Morgan fingerprint density at radius 2 is 1.90 bits per heavy atom. The third-order valence-corrected chi connectivity index (χ3v) is 5.66. The van der Waals surface area contributed by atoms with E-state index in [9.17, 15) is 13.6 Å². The molecule has 29 heavy (non-hydrogen) atoms. The lowest BCUT2D eigenvalue weighted by molar-refractivity contribution is 0.297. The van der Waals surface area contributed by atoms with Gasteiger partial charge in [0.15, 0.2) is 0 Å². The zero-order chi connectivity index (χ0) is 20.4. The number of halogens is 2. The second kappa shape index (κ2) is 8.29. The van der Waals surface area contributed by atoms with Gasteiger partial charge in [0.1, 0.15) is 11.6 Å². The van der Waals surface area contributed by atoms with Crippen LogP contribution >= 0.6 is 0 Å². The highest BCUT2D eigenvalue weighted by Crippen LogP contribution is 2.23. The monoisotopic (exact) mass is 394 g/mol. The first-order chi connectivity index (χ1) is 14.0. The Kier molecular flexibility index (Phi) is 5.58. The predicted molar refractivity (Wildman–Crippen MR) is 113 cm³/mol. The number of aromatic nitrogens is 1. The first-order valence-corrected chi connectivity index (χ1v) is 9.99. The van der Waals surface area contributed by atoms with Crippen LogP contribution in [0.25, 0.3) is 16.3 Å². The van der Waals surface area contributed by atoms with Crippen LogP contribution in [0.4, 0.5) is 8.78 Å². The summed E-state index contributed by atoms with van der Waals surface area (Å²) in [4.78, 5) is 17.5. The highest BCUT2D eigenvalue weighted by molar-refractivity contribution is 5.85. The number of hydrogen-bond donors (Lipinski definition) is 1. The van der Waals surface area contributed by atoms with E-state index in [0.717, 1.165) is 55.7 Å². The molecule has 3 aromatic rings. The Bertz CT molecular complexity index is 1120. The topological polar surface area (TPSA) is 36.1 Å². The minimum Gasteiger partial charge on any atom is -0.326 e. The zero-order valence-electron chi connectivity index (χ0n) is 16.5. The Morgan fingerprint density at radius 1 is 1.10 bits per heavy atom. The summed E-state index contributed by atoms with van der Waals surface area (Å²) in [5, 5.41) is 0.830. The molecule has 0 aliphatic carbocycles. The van der Waals surface area contributed by atoms with Crippen molar-refractivity contribution in [2.75, 3.05) is 19.6 Å². The van der Waals surface area contributed by atoms with Crippen LogP contribution in [0.5, 0.6) is 0 Å². The Labute approximate surface area is 168 Å². The number of benzene rings is 2. The number of aromatic amines is 1. The number of rotatable bonds is 5. The van der Waals surface area contributed by atoms with Crippen LogP contribution < -0.4 is 5.56 Å². The van der Waals surface area contributed by atoms with E-state index in [1.54, 1.807) is 6.07 Å². The van der Waals surface area contributed by atoms with Gasteiger partial charge >= 0.3 is 0 Å². The highest BCUT2D eigenvalue weighted by atomic mass is 19.1. The fraction of sp³-hybridized carbons (Fsp3) is 0.292. The molecule has 0 fully saturated rings. The fourth-order valence-electron chi connectivity index (χ4n) is 4.00. The van der Waals surface area contributed by atoms with Gasteiger partial charge in [-0.25, -0.2) is 8.78 Å². The van der Waals surface area contributed by atoms with E-state index in [-0.39, 0.29) is 16.8 Å². The Balaban J connectivity index is 1.37. The normalized spacial score (nSPS) is 14.9. The Morgan fingerprint density at radius 3 is 2.62 bits per heavy atom. The van der Waals surface area contributed by atoms with E-state index in [0.29, 0.717) is 5.39 Å². The van der Waals surface area contributed by atoms with Crippen molar-refractivity contribution in [3.63, 3.8) is 0 Å². The quantitative estimate of drug-likeness (QED) is 0.672. The molecule has 0 unspecified atom stereocenters. The molecule has 1 N–H and O–H groups in total. The smallest absolute Gasteiger partial charge is 0.259 e. The third kappa shape index (κ3) is 4.30. The van der Waals surface area contributed by atoms with Crippen molar-refractivity contribution >= 4 is 16.3 Å². The van der Waals surface area contributed by atoms with Crippen LogP contribution in [-0.4, -0.2) is 29.5 Å². The molecule has 3 nitrogen and oxygen atoms in total. The van der Waals surface area contributed by atoms with Crippen molar-refractivity contribution in [2.45, 2.75) is 26.2 Å². The predicted octanol–water partition coefficient (Wildman–Crippen LogP) is 4.84. The number of hydrogen-bond acceptors (Lipinski definition) is 2. The number of fused-ring (bicyclic) bond motifs is 1. The van der Waals surface area contributed by atoms with Crippen LogP contribution in [-0.2, 0) is 6.42 Å². The second-order valence-corrected chi connectivity index (χ2v) is 7.67. The van der Waals surface area contributed by atoms with E-state index in [4.69, 9.17) is 0 Å². The minimum atomic E-state index is -0.476. The molecule has 0 atom stereocenters. The van der Waals surface area contributed by atoms with Crippen LogP contribution in [0.1, 0.15) is 29.7 Å². The van der Waals surface area contributed by atoms with Crippen molar-refractivity contribution in [1.29, 1.82) is 0 Å². The number of H-pyrrole nitrogens is 1. The molecular formula is C24H24F2N2O. The molecule has 0 amide bonds. The summed E-state index contributed by atoms with van der Waals surface area (Å²) in [5.41, 5.74) is 3.74. The van der Waals surface area contributed by atoms with Crippen LogP contribution in [0.15, 0.2) is 53.3 Å². The van der Waals surface area contributed by atoms with Crippen molar-refractivity contribution < 1.29 is 8.78 Å². The molecule has 1 aliphatic rings. The minimum absolute atomic E-state index is 0.142. The SMILES string of the molecule is Cc1ccc(F)c2c(=O)[nH]c(CCCN3CC=C(c4ccc(F)cc4)CC3)cc12. The third-order valence-electron chi connectivity index (χ3n) is 5.66. The summed E-state index contributed by atoms with van der Waals surface area (Å²) in [6, 6.07) is 11.6. The second-order valence-electron chi connectivity index (χ2n) is 7.67. The van der Waals surface area contributed by atoms with Crippen molar-refractivity contribution in [2.24, 2.45) is 0 Å². The lowest BCUT2D eigenvalue weighted by Gasteiger charge is -2.26. The van der Waals surface area contributed by atoms with Gasteiger partial charge < -0.3 is 4.98 Å². The van der Waals surface area contributed by atoms with Gasteiger partial charge in [-0.2, -0.15) is 0 Å². The molecule has 4 rings (SSSR count). The van der Waals surface area contributed by atoms with Crippen LogP contribution in [0.2, 0.25) is 0 Å². The van der Waals surface area contributed by atoms with E-state index >= 15 is 0 Å². The molecule has 1 aromatic heterocycles. The van der Waals surface area contributed by atoms with E-state index in [2.05, 4.69) is 16.0 Å². The average molecular weight is 394 g/mol. The van der Waals surface area contributed by atoms with Crippen LogP contribution in [0.3, 0.4) is 0 Å². The number of nitrogens with zero attached hydrogens (tertiary/aromatic N) is 1. The molecule has 5 heteroatoms. The molecule has 0 spiro atoms. The van der Waals surface area contributed by atoms with E-state index in [1.807, 2.05) is 25.1 Å². The van der Waals surface area contributed by atoms with Gasteiger partial charge in [0.05, 0.1) is 5.39 Å². The van der Waals surface area contributed by atoms with Gasteiger partial charge in [-0.15, -0.1) is 0 Å². The first kappa shape index (κ1) is 19.5. The van der Waals surface area contributed by atoms with Gasteiger partial charge in [0.25, 0.3) is 5.56 Å². The van der Waals surface area contributed by atoms with Gasteiger partial charge in [-0.05, 0) is 79.1 Å². The number of nitrogens with one attached hydrogen (secondary N) is 1. The molecule has 0 saturated carbocycles. The molecule has 2 aromatic carbocycles. The maximum Gasteiger partial charge on any atom is 0.259 e. The Hall–Kier alpha value is -2.79. The highest BCUT2D eigenvalue weighted by Gasteiger charge is 2.14. The van der Waals surface area contributed by atoms with Crippen molar-refractivity contribution in [3.8, 4) is 0 Å². The fourth-order valence-corrected chi connectivity index (χ4v) is 4.00. The average Bonchev–Trinajstić information content (AvgIpc) is 2.72. The lowest BCUT2D eigenvalue weighted by Crippen LogP contribution is -2.29. The molecule has 0 radical (unpaired) electrons. The summed E-state index contributed by atoms with van der Waals surface area (Å²) in [7, 11) is 0. The number of pyridine rings is 1. The van der Waals surface area contributed by atoms with Crippen LogP contribution in [0, 0.1) is 18.6 Å². The van der Waals surface area contributed by atoms with Crippen molar-refractivity contribution in [3.05, 3.63) is 87.3 Å². The molecule has 0 saturated heterocycles. The van der Waals surface area contributed by atoms with Crippen molar-refractivity contribution in [1.82, 2.24) is 9.88 Å². The zero-order valence-corrected chi connectivity index (χ0v) is 16.5. The molecular weight excluding hydrogens is 370 g/mol. The summed E-state index contributed by atoms with van der Waals surface area (Å²) in [6.07, 6.45) is 4.80. The van der Waals surface area contributed by atoms with E-state index in [1.165, 1.54) is 23.8 Å². The summed E-state index contributed by atoms with van der Waals surface area (Å²) in [5.74, 6) is -0.688. The summed E-state index contributed by atoms with van der Waals surface area (Å²) in [6.45, 7) is 4.65. The van der Waals surface area contributed by atoms with Gasteiger partial charge in [0.2, 0.25) is 0 Å². The van der Waals surface area contributed by atoms with E-state index < -0.39 is 5.82 Å².